The molecule has 9 heteroatoms. The molecule has 0 saturated carbocycles. The van der Waals surface area contributed by atoms with Gasteiger partial charge in [-0.1, -0.05) is 23.1 Å². The average Bonchev–Trinajstić information content (AvgIpc) is 3.20. The van der Waals surface area contributed by atoms with Crippen molar-refractivity contribution in [2.45, 2.75) is 24.4 Å². The molecule has 0 unspecified atom stereocenters. The number of rotatable bonds is 7. The number of aromatic nitrogens is 5. The van der Waals surface area contributed by atoms with Crippen molar-refractivity contribution in [2.24, 2.45) is 0 Å². The maximum Gasteiger partial charge on any atom is 0.294 e. The van der Waals surface area contributed by atoms with Gasteiger partial charge in [-0.25, -0.2) is 0 Å². The summed E-state index contributed by atoms with van der Waals surface area (Å²) in [5.74, 6) is 1.55. The third-order valence-corrected chi connectivity index (χ3v) is 4.54. The number of furan rings is 1. The van der Waals surface area contributed by atoms with Gasteiger partial charge in [-0.3, -0.25) is 0 Å². The van der Waals surface area contributed by atoms with Crippen LogP contribution in [0.25, 0.3) is 0 Å². The van der Waals surface area contributed by atoms with Crippen molar-refractivity contribution in [3.63, 3.8) is 0 Å². The van der Waals surface area contributed by atoms with Crippen LogP contribution in [0, 0.1) is 0 Å². The summed E-state index contributed by atoms with van der Waals surface area (Å²) in [6.45, 7) is 3.13. The summed E-state index contributed by atoms with van der Waals surface area (Å²) in [6, 6.07) is 3.79. The molecule has 7 nitrogen and oxygen atoms in total. The van der Waals surface area contributed by atoms with E-state index < -0.39 is 0 Å². The number of hydrogen-bond acceptors (Lipinski definition) is 8. The fraction of sp³-hybridized carbons (Fsp3) is 0.333. The summed E-state index contributed by atoms with van der Waals surface area (Å²) in [5, 5.41) is 18.4. The molecule has 21 heavy (non-hydrogen) atoms. The zero-order valence-corrected chi connectivity index (χ0v) is 12.9. The van der Waals surface area contributed by atoms with Crippen LogP contribution in [0.2, 0.25) is 0 Å². The van der Waals surface area contributed by atoms with Gasteiger partial charge >= 0.3 is 0 Å². The second kappa shape index (κ2) is 6.72. The zero-order valence-electron chi connectivity index (χ0n) is 11.3. The van der Waals surface area contributed by atoms with Gasteiger partial charge in [0.15, 0.2) is 5.16 Å². The van der Waals surface area contributed by atoms with Gasteiger partial charge in [-0.05, 0) is 19.1 Å². The molecule has 0 aliphatic heterocycles. The largest absolute Gasteiger partial charge is 0.469 e. The Bertz CT molecular complexity index is 679. The molecule has 3 aromatic rings. The van der Waals surface area contributed by atoms with Crippen LogP contribution in [0.3, 0.4) is 0 Å². The van der Waals surface area contributed by atoms with E-state index in [0.717, 1.165) is 15.9 Å². The smallest absolute Gasteiger partial charge is 0.294 e. The van der Waals surface area contributed by atoms with Crippen molar-refractivity contribution in [3.05, 3.63) is 35.5 Å². The molecule has 0 fully saturated rings. The van der Waals surface area contributed by atoms with E-state index in [4.69, 9.17) is 9.15 Å². The second-order valence-electron chi connectivity index (χ2n) is 4.00. The van der Waals surface area contributed by atoms with Crippen molar-refractivity contribution in [1.29, 1.82) is 0 Å². The van der Waals surface area contributed by atoms with Crippen molar-refractivity contribution in [3.8, 4) is 5.19 Å². The molecule has 0 aliphatic carbocycles. The lowest BCUT2D eigenvalue weighted by Gasteiger charge is -2.02. The molecule has 3 rings (SSSR count). The minimum atomic E-state index is 0.596. The number of nitrogens with zero attached hydrogens (tertiary/aromatic N) is 5. The highest BCUT2D eigenvalue weighted by Crippen LogP contribution is 2.25. The molecular weight excluding hydrogens is 310 g/mol. The Morgan fingerprint density at radius 2 is 2.33 bits per heavy atom. The number of ether oxygens (including phenoxy) is 1. The Labute approximate surface area is 129 Å². The Morgan fingerprint density at radius 1 is 1.38 bits per heavy atom. The van der Waals surface area contributed by atoms with Gasteiger partial charge < -0.3 is 13.7 Å². The van der Waals surface area contributed by atoms with Crippen molar-refractivity contribution >= 4 is 23.1 Å². The van der Waals surface area contributed by atoms with Gasteiger partial charge in [0.25, 0.3) is 5.19 Å². The Hall–Kier alpha value is -1.87. The minimum absolute atomic E-state index is 0.596. The molecule has 3 heterocycles. The Morgan fingerprint density at radius 3 is 3.14 bits per heavy atom. The van der Waals surface area contributed by atoms with Crippen LogP contribution in [0.1, 0.15) is 17.7 Å². The van der Waals surface area contributed by atoms with Crippen LogP contribution in [0.4, 0.5) is 0 Å². The standard InChI is InChI=1S/C12H13N5O2S2/c1-2-18-12-16-14-10(21-12)7-20-11-15-13-8-17(11)6-9-4-3-5-19-9/h3-5,8H,2,6-7H2,1H3. The first kappa shape index (κ1) is 14.1. The maximum atomic E-state index is 5.33. The van der Waals surface area contributed by atoms with E-state index in [-0.39, 0.29) is 0 Å². The SMILES string of the molecule is CCOc1nnc(CSc2nncn2Cc2ccco2)s1. The van der Waals surface area contributed by atoms with E-state index in [1.807, 2.05) is 23.6 Å². The van der Waals surface area contributed by atoms with Gasteiger partial charge in [0, 0.05) is 0 Å². The average molecular weight is 323 g/mol. The summed E-state index contributed by atoms with van der Waals surface area (Å²) in [7, 11) is 0. The highest BCUT2D eigenvalue weighted by molar-refractivity contribution is 7.98. The van der Waals surface area contributed by atoms with Crippen LogP contribution in [-0.2, 0) is 12.3 Å². The Balaban J connectivity index is 1.61. The summed E-state index contributed by atoms with van der Waals surface area (Å²) in [4.78, 5) is 0. The molecule has 0 aliphatic rings. The van der Waals surface area contributed by atoms with Crippen LogP contribution in [0.15, 0.2) is 34.3 Å². The van der Waals surface area contributed by atoms with Gasteiger partial charge in [0.05, 0.1) is 25.2 Å². The lowest BCUT2D eigenvalue weighted by molar-refractivity contribution is 0.335. The van der Waals surface area contributed by atoms with Crippen LogP contribution in [-0.4, -0.2) is 31.6 Å². The predicted molar refractivity (Wildman–Crippen MR) is 78.5 cm³/mol. The number of hydrogen-bond donors (Lipinski definition) is 0. The monoisotopic (exact) mass is 323 g/mol. The third-order valence-electron chi connectivity index (χ3n) is 2.53. The highest BCUT2D eigenvalue weighted by atomic mass is 32.2. The maximum absolute atomic E-state index is 5.33. The second-order valence-corrected chi connectivity index (χ2v) is 5.97. The van der Waals surface area contributed by atoms with Crippen molar-refractivity contribution in [2.75, 3.05) is 6.61 Å². The number of thioether (sulfide) groups is 1. The first-order chi connectivity index (χ1) is 10.3. The predicted octanol–water partition coefficient (Wildman–Crippen LogP) is 2.46. The molecule has 0 aromatic carbocycles. The zero-order chi connectivity index (χ0) is 14.5. The Kier molecular flexibility index (Phi) is 4.51. The van der Waals surface area contributed by atoms with Gasteiger partial charge in [0.1, 0.15) is 17.1 Å². The van der Waals surface area contributed by atoms with Crippen LogP contribution >= 0.6 is 23.1 Å². The highest BCUT2D eigenvalue weighted by Gasteiger charge is 2.10. The topological polar surface area (TPSA) is 78.9 Å². The first-order valence-electron chi connectivity index (χ1n) is 6.33. The van der Waals surface area contributed by atoms with E-state index in [1.165, 1.54) is 11.3 Å². The normalized spacial score (nSPS) is 10.9. The molecular formula is C12H13N5O2S2. The molecule has 0 N–H and O–H groups in total. The summed E-state index contributed by atoms with van der Waals surface area (Å²) in [6.07, 6.45) is 3.35. The minimum Gasteiger partial charge on any atom is -0.469 e. The molecule has 0 spiro atoms. The van der Waals surface area contributed by atoms with E-state index in [2.05, 4.69) is 20.4 Å². The van der Waals surface area contributed by atoms with E-state index >= 15 is 0 Å². The molecule has 110 valence electrons. The van der Waals surface area contributed by atoms with Crippen LogP contribution in [0.5, 0.6) is 5.19 Å². The van der Waals surface area contributed by atoms with Gasteiger partial charge in [0.2, 0.25) is 0 Å². The van der Waals surface area contributed by atoms with E-state index in [0.29, 0.717) is 24.1 Å². The summed E-state index contributed by atoms with van der Waals surface area (Å²) < 4.78 is 12.6. The van der Waals surface area contributed by atoms with Gasteiger partial charge in [-0.2, -0.15) is 0 Å². The summed E-state index contributed by atoms with van der Waals surface area (Å²) in [5.41, 5.74) is 0. The van der Waals surface area contributed by atoms with Crippen molar-refractivity contribution in [1.82, 2.24) is 25.0 Å². The molecule has 0 amide bonds. The molecule has 0 bridgehead atoms. The quantitative estimate of drug-likeness (QED) is 0.618. The fourth-order valence-electron chi connectivity index (χ4n) is 1.64. The van der Waals surface area contributed by atoms with Gasteiger partial charge in [-0.15, -0.1) is 20.4 Å². The van der Waals surface area contributed by atoms with Crippen LogP contribution < -0.4 is 4.74 Å². The molecule has 3 aromatic heterocycles. The first-order valence-corrected chi connectivity index (χ1v) is 8.13. The fourth-order valence-corrected chi connectivity index (χ4v) is 3.29. The van der Waals surface area contributed by atoms with E-state index in [9.17, 15) is 0 Å². The lowest BCUT2D eigenvalue weighted by atomic mass is 10.4. The molecule has 0 atom stereocenters. The molecule has 0 radical (unpaired) electrons. The summed E-state index contributed by atoms with van der Waals surface area (Å²) >= 11 is 3.01. The van der Waals surface area contributed by atoms with Crippen molar-refractivity contribution < 1.29 is 9.15 Å². The lowest BCUT2D eigenvalue weighted by Crippen LogP contribution is -1.99. The third kappa shape index (κ3) is 3.61. The molecule has 0 saturated heterocycles. The van der Waals surface area contributed by atoms with E-state index in [1.54, 1.807) is 24.4 Å².